The van der Waals surface area contributed by atoms with Crippen molar-refractivity contribution in [2.45, 2.75) is 27.2 Å². The summed E-state index contributed by atoms with van der Waals surface area (Å²) >= 11 is 0. The molecule has 0 bridgehead atoms. The van der Waals surface area contributed by atoms with Crippen LogP contribution in [-0.4, -0.2) is 30.9 Å². The van der Waals surface area contributed by atoms with Crippen molar-refractivity contribution in [1.29, 1.82) is 0 Å². The largest absolute Gasteiger partial charge is 0.462 e. The van der Waals surface area contributed by atoms with Crippen LogP contribution in [0.1, 0.15) is 58.3 Å². The molecule has 0 fully saturated rings. The minimum atomic E-state index is -0.503. The number of esters is 1. The fourth-order valence-corrected chi connectivity index (χ4v) is 2.55. The van der Waals surface area contributed by atoms with E-state index in [1.165, 1.54) is 6.07 Å². The second-order valence-corrected chi connectivity index (χ2v) is 6.74. The van der Waals surface area contributed by atoms with Gasteiger partial charge in [0.05, 0.1) is 17.9 Å². The molecule has 0 aromatic heterocycles. The van der Waals surface area contributed by atoms with Crippen LogP contribution in [0.3, 0.4) is 0 Å². The van der Waals surface area contributed by atoms with Crippen molar-refractivity contribution in [3.63, 3.8) is 0 Å². The summed E-state index contributed by atoms with van der Waals surface area (Å²) < 4.78 is 5.02. The normalized spacial score (nSPS) is 10.4. The fourth-order valence-electron chi connectivity index (χ4n) is 2.55. The van der Waals surface area contributed by atoms with Crippen molar-refractivity contribution in [3.8, 4) is 0 Å². The molecule has 2 aromatic carbocycles. The summed E-state index contributed by atoms with van der Waals surface area (Å²) in [6, 6.07) is 13.1. The van der Waals surface area contributed by atoms with E-state index in [0.29, 0.717) is 29.3 Å². The van der Waals surface area contributed by atoms with Gasteiger partial charge >= 0.3 is 5.97 Å². The van der Waals surface area contributed by atoms with Gasteiger partial charge in [-0.05, 0) is 49.6 Å². The molecule has 2 rings (SSSR count). The number of benzene rings is 2. The summed E-state index contributed by atoms with van der Waals surface area (Å²) in [5.74, 6) is -0.635. The highest BCUT2D eigenvalue weighted by Crippen LogP contribution is 2.18. The average molecular weight is 382 g/mol. The van der Waals surface area contributed by atoms with Gasteiger partial charge in [-0.1, -0.05) is 32.0 Å². The molecule has 0 aliphatic rings. The number of hydrogen-bond donors (Lipinski definition) is 2. The van der Waals surface area contributed by atoms with Crippen molar-refractivity contribution in [2.24, 2.45) is 5.92 Å². The van der Waals surface area contributed by atoms with Gasteiger partial charge in [-0.2, -0.15) is 0 Å². The average Bonchev–Trinajstić information content (AvgIpc) is 2.68. The highest BCUT2D eigenvalue weighted by molar-refractivity contribution is 6.09. The van der Waals surface area contributed by atoms with Crippen LogP contribution in [0.25, 0.3) is 0 Å². The second kappa shape index (κ2) is 10.3. The Kier molecular flexibility index (Phi) is 7.75. The summed E-state index contributed by atoms with van der Waals surface area (Å²) in [6.07, 6.45) is 0.885. The maximum absolute atomic E-state index is 12.6. The van der Waals surface area contributed by atoms with E-state index in [2.05, 4.69) is 24.5 Å². The number of hydrogen-bond acceptors (Lipinski definition) is 4. The molecule has 0 heterocycles. The van der Waals surface area contributed by atoms with E-state index in [0.717, 1.165) is 6.42 Å². The lowest BCUT2D eigenvalue weighted by Gasteiger charge is -2.11. The zero-order valence-electron chi connectivity index (χ0n) is 16.5. The fraction of sp³-hybridized carbons (Fsp3) is 0.318. The first-order valence-electron chi connectivity index (χ1n) is 9.38. The Morgan fingerprint density at radius 2 is 1.64 bits per heavy atom. The summed E-state index contributed by atoms with van der Waals surface area (Å²) in [5.41, 5.74) is 1.38. The van der Waals surface area contributed by atoms with Crippen LogP contribution in [0.2, 0.25) is 0 Å². The zero-order valence-corrected chi connectivity index (χ0v) is 16.5. The Morgan fingerprint density at radius 3 is 2.32 bits per heavy atom. The predicted molar refractivity (Wildman–Crippen MR) is 109 cm³/mol. The smallest absolute Gasteiger partial charge is 0.340 e. The molecular formula is C22H26N2O4. The first-order valence-corrected chi connectivity index (χ1v) is 9.38. The lowest BCUT2D eigenvalue weighted by Crippen LogP contribution is -2.25. The molecule has 0 unspecified atom stereocenters. The second-order valence-electron chi connectivity index (χ2n) is 6.74. The van der Waals surface area contributed by atoms with Crippen molar-refractivity contribution in [2.75, 3.05) is 18.5 Å². The van der Waals surface area contributed by atoms with Crippen LogP contribution in [-0.2, 0) is 4.74 Å². The van der Waals surface area contributed by atoms with Gasteiger partial charge in [-0.25, -0.2) is 4.79 Å². The monoisotopic (exact) mass is 382 g/mol. The SMILES string of the molecule is CCOC(=O)c1ccccc1NC(=O)c1cccc(C(=O)NCCC(C)C)c1. The lowest BCUT2D eigenvalue weighted by atomic mass is 10.1. The maximum atomic E-state index is 12.6. The predicted octanol–water partition coefficient (Wildman–Crippen LogP) is 3.89. The van der Waals surface area contributed by atoms with Crippen LogP contribution in [0, 0.1) is 5.92 Å². The number of rotatable bonds is 8. The van der Waals surface area contributed by atoms with Gasteiger partial charge < -0.3 is 15.4 Å². The van der Waals surface area contributed by atoms with E-state index in [-0.39, 0.29) is 18.1 Å². The quantitative estimate of drug-likeness (QED) is 0.679. The maximum Gasteiger partial charge on any atom is 0.340 e. The van der Waals surface area contributed by atoms with Gasteiger partial charge in [-0.3, -0.25) is 9.59 Å². The zero-order chi connectivity index (χ0) is 20.5. The third-order valence-electron chi connectivity index (χ3n) is 4.06. The van der Waals surface area contributed by atoms with Crippen LogP contribution >= 0.6 is 0 Å². The van der Waals surface area contributed by atoms with Crippen molar-refractivity contribution < 1.29 is 19.1 Å². The van der Waals surface area contributed by atoms with Crippen molar-refractivity contribution in [1.82, 2.24) is 5.32 Å². The molecule has 0 spiro atoms. The Morgan fingerprint density at radius 1 is 0.964 bits per heavy atom. The number of ether oxygens (including phenoxy) is 1. The highest BCUT2D eigenvalue weighted by atomic mass is 16.5. The number of carbonyl (C=O) groups excluding carboxylic acids is 3. The molecule has 2 N–H and O–H groups in total. The van der Waals surface area contributed by atoms with Gasteiger partial charge in [0, 0.05) is 17.7 Å². The molecule has 6 nitrogen and oxygen atoms in total. The first-order chi connectivity index (χ1) is 13.4. The van der Waals surface area contributed by atoms with Crippen molar-refractivity contribution >= 4 is 23.5 Å². The number of anilines is 1. The molecule has 2 amide bonds. The minimum Gasteiger partial charge on any atom is -0.462 e. The van der Waals surface area contributed by atoms with E-state index >= 15 is 0 Å². The van der Waals surface area contributed by atoms with E-state index in [1.54, 1.807) is 49.4 Å². The lowest BCUT2D eigenvalue weighted by molar-refractivity contribution is 0.0527. The van der Waals surface area contributed by atoms with E-state index in [9.17, 15) is 14.4 Å². The molecule has 0 saturated heterocycles. The van der Waals surface area contributed by atoms with Gasteiger partial charge in [0.15, 0.2) is 0 Å². The molecule has 6 heteroatoms. The van der Waals surface area contributed by atoms with E-state index in [4.69, 9.17) is 4.74 Å². The molecule has 0 atom stereocenters. The Hall–Kier alpha value is -3.15. The van der Waals surface area contributed by atoms with Crippen LogP contribution in [0.5, 0.6) is 0 Å². The van der Waals surface area contributed by atoms with E-state index < -0.39 is 11.9 Å². The van der Waals surface area contributed by atoms with Crippen LogP contribution in [0.15, 0.2) is 48.5 Å². The van der Waals surface area contributed by atoms with Gasteiger partial charge in [0.2, 0.25) is 0 Å². The molecule has 28 heavy (non-hydrogen) atoms. The summed E-state index contributed by atoms with van der Waals surface area (Å²) in [4.78, 5) is 36.9. The molecule has 0 aliphatic carbocycles. The first kappa shape index (κ1) is 21.2. The molecular weight excluding hydrogens is 356 g/mol. The third kappa shape index (κ3) is 5.94. The number of carbonyl (C=O) groups is 3. The molecule has 148 valence electrons. The van der Waals surface area contributed by atoms with Gasteiger partial charge in [0.1, 0.15) is 0 Å². The summed E-state index contributed by atoms with van der Waals surface area (Å²) in [7, 11) is 0. The minimum absolute atomic E-state index is 0.220. The topological polar surface area (TPSA) is 84.5 Å². The van der Waals surface area contributed by atoms with Crippen LogP contribution < -0.4 is 10.6 Å². The number of amides is 2. The third-order valence-corrected chi connectivity index (χ3v) is 4.06. The Bertz CT molecular complexity index is 846. The molecule has 0 radical (unpaired) electrons. The van der Waals surface area contributed by atoms with Gasteiger partial charge in [-0.15, -0.1) is 0 Å². The summed E-state index contributed by atoms with van der Waals surface area (Å²) in [5, 5.41) is 5.57. The number of para-hydroxylation sites is 1. The van der Waals surface area contributed by atoms with Gasteiger partial charge in [0.25, 0.3) is 11.8 Å². The number of nitrogens with one attached hydrogen (secondary N) is 2. The highest BCUT2D eigenvalue weighted by Gasteiger charge is 2.16. The van der Waals surface area contributed by atoms with Crippen LogP contribution in [0.4, 0.5) is 5.69 Å². The molecule has 0 aliphatic heterocycles. The molecule has 2 aromatic rings. The van der Waals surface area contributed by atoms with E-state index in [1.807, 2.05) is 0 Å². The summed E-state index contributed by atoms with van der Waals surface area (Å²) in [6.45, 7) is 6.72. The Labute approximate surface area is 165 Å². The standard InChI is InChI=1S/C22H26N2O4/c1-4-28-22(27)18-10-5-6-11-19(18)24-21(26)17-9-7-8-16(14-17)20(25)23-13-12-15(2)3/h5-11,14-15H,4,12-13H2,1-3H3,(H,23,25)(H,24,26). The van der Waals surface area contributed by atoms with Crippen molar-refractivity contribution in [3.05, 3.63) is 65.2 Å². The molecule has 0 saturated carbocycles. The Balaban J connectivity index is 2.12.